The predicted octanol–water partition coefficient (Wildman–Crippen LogP) is 4.94. The van der Waals surface area contributed by atoms with E-state index in [0.29, 0.717) is 13.1 Å². The molecule has 3 rings (SSSR count). The molecule has 0 aliphatic rings. The lowest BCUT2D eigenvalue weighted by atomic mass is 10.1. The van der Waals surface area contributed by atoms with Crippen LogP contribution in [0.2, 0.25) is 0 Å². The largest absolute Gasteiger partial charge is 0.497 e. The van der Waals surface area contributed by atoms with E-state index in [2.05, 4.69) is 0 Å². The molecule has 0 N–H and O–H groups in total. The molecule has 0 saturated carbocycles. The zero-order valence-electron chi connectivity index (χ0n) is 15.4. The SMILES string of the molecule is COc1ccc(/C=C/C(=O)N(Cc2ccccc2)Cc2ccccc2)cc1. The molecular formula is C24H23NO2. The minimum absolute atomic E-state index is 0.0153. The molecule has 0 radical (unpaired) electrons. The molecule has 1 amide bonds. The summed E-state index contributed by atoms with van der Waals surface area (Å²) in [5.74, 6) is 0.784. The Labute approximate surface area is 160 Å². The van der Waals surface area contributed by atoms with Gasteiger partial charge in [-0.3, -0.25) is 4.79 Å². The summed E-state index contributed by atoms with van der Waals surface area (Å²) in [7, 11) is 1.64. The molecule has 27 heavy (non-hydrogen) atoms. The fraction of sp³-hybridized carbons (Fsp3) is 0.125. The maximum absolute atomic E-state index is 12.9. The molecule has 3 aromatic carbocycles. The van der Waals surface area contributed by atoms with Crippen molar-refractivity contribution in [3.63, 3.8) is 0 Å². The van der Waals surface area contributed by atoms with E-state index in [1.54, 1.807) is 13.2 Å². The zero-order valence-corrected chi connectivity index (χ0v) is 15.4. The highest BCUT2D eigenvalue weighted by atomic mass is 16.5. The van der Waals surface area contributed by atoms with E-state index in [0.717, 1.165) is 22.4 Å². The first-order chi connectivity index (χ1) is 13.2. The molecule has 0 fully saturated rings. The van der Waals surface area contributed by atoms with E-state index in [-0.39, 0.29) is 5.91 Å². The van der Waals surface area contributed by atoms with Gasteiger partial charge in [-0.1, -0.05) is 72.8 Å². The molecular weight excluding hydrogens is 334 g/mol. The lowest BCUT2D eigenvalue weighted by Crippen LogP contribution is -2.28. The smallest absolute Gasteiger partial charge is 0.247 e. The second-order valence-corrected chi connectivity index (χ2v) is 6.27. The third-order valence-electron chi connectivity index (χ3n) is 4.28. The van der Waals surface area contributed by atoms with Gasteiger partial charge in [0.1, 0.15) is 5.75 Å². The number of methoxy groups -OCH3 is 1. The van der Waals surface area contributed by atoms with Gasteiger partial charge in [-0.25, -0.2) is 0 Å². The highest BCUT2D eigenvalue weighted by Crippen LogP contribution is 2.14. The van der Waals surface area contributed by atoms with Gasteiger partial charge in [-0.2, -0.15) is 0 Å². The molecule has 3 heteroatoms. The third-order valence-corrected chi connectivity index (χ3v) is 4.28. The maximum Gasteiger partial charge on any atom is 0.247 e. The predicted molar refractivity (Wildman–Crippen MR) is 109 cm³/mol. The number of rotatable bonds is 7. The molecule has 0 bridgehead atoms. The molecule has 3 nitrogen and oxygen atoms in total. The Balaban J connectivity index is 1.75. The van der Waals surface area contributed by atoms with Crippen LogP contribution in [0.15, 0.2) is 91.0 Å². The quantitative estimate of drug-likeness (QED) is 0.561. The molecule has 0 unspecified atom stereocenters. The number of amides is 1. The lowest BCUT2D eigenvalue weighted by Gasteiger charge is -2.21. The molecule has 0 spiro atoms. The number of carbonyl (C=O) groups is 1. The Bertz CT molecular complexity index is 830. The summed E-state index contributed by atoms with van der Waals surface area (Å²) >= 11 is 0. The molecule has 0 aromatic heterocycles. The Morgan fingerprint density at radius 2 is 1.33 bits per heavy atom. The van der Waals surface area contributed by atoms with Crippen LogP contribution in [0, 0.1) is 0 Å². The van der Waals surface area contributed by atoms with E-state index in [4.69, 9.17) is 4.74 Å². The van der Waals surface area contributed by atoms with Gasteiger partial charge in [-0.15, -0.1) is 0 Å². The van der Waals surface area contributed by atoms with Gasteiger partial charge in [0.15, 0.2) is 0 Å². The van der Waals surface area contributed by atoms with E-state index in [9.17, 15) is 4.79 Å². The Morgan fingerprint density at radius 1 is 0.815 bits per heavy atom. The fourth-order valence-corrected chi connectivity index (χ4v) is 2.81. The van der Waals surface area contributed by atoms with Crippen molar-refractivity contribution in [1.29, 1.82) is 0 Å². The number of carbonyl (C=O) groups excluding carboxylic acids is 1. The highest BCUT2D eigenvalue weighted by Gasteiger charge is 2.12. The van der Waals surface area contributed by atoms with E-state index in [1.165, 1.54) is 0 Å². The van der Waals surface area contributed by atoms with E-state index < -0.39 is 0 Å². The number of hydrogen-bond donors (Lipinski definition) is 0. The zero-order chi connectivity index (χ0) is 18.9. The van der Waals surface area contributed by atoms with Crippen molar-refractivity contribution >= 4 is 12.0 Å². The minimum Gasteiger partial charge on any atom is -0.497 e. The van der Waals surface area contributed by atoms with Crippen LogP contribution in [0.4, 0.5) is 0 Å². The van der Waals surface area contributed by atoms with Gasteiger partial charge in [0.05, 0.1) is 7.11 Å². The van der Waals surface area contributed by atoms with Gasteiger partial charge < -0.3 is 9.64 Å². The van der Waals surface area contributed by atoms with Crippen LogP contribution < -0.4 is 4.74 Å². The standard InChI is InChI=1S/C24H23NO2/c1-27-23-15-12-20(13-16-23)14-17-24(26)25(18-21-8-4-2-5-9-21)19-22-10-6-3-7-11-22/h2-17H,18-19H2,1H3/b17-14+. The monoisotopic (exact) mass is 357 g/mol. The van der Waals surface area contributed by atoms with Gasteiger partial charge in [-0.05, 0) is 34.9 Å². The second-order valence-electron chi connectivity index (χ2n) is 6.27. The summed E-state index contributed by atoms with van der Waals surface area (Å²) in [5, 5.41) is 0. The van der Waals surface area contributed by atoms with Gasteiger partial charge in [0.25, 0.3) is 0 Å². The summed E-state index contributed by atoms with van der Waals surface area (Å²) in [4.78, 5) is 14.7. The average Bonchev–Trinajstić information content (AvgIpc) is 2.73. The van der Waals surface area contributed by atoms with Crippen LogP contribution in [0.1, 0.15) is 16.7 Å². The van der Waals surface area contributed by atoms with Crippen molar-refractivity contribution in [2.24, 2.45) is 0 Å². The molecule has 136 valence electrons. The molecule has 3 aromatic rings. The van der Waals surface area contributed by atoms with Crippen LogP contribution in [-0.4, -0.2) is 17.9 Å². The first-order valence-corrected chi connectivity index (χ1v) is 8.93. The fourth-order valence-electron chi connectivity index (χ4n) is 2.81. The lowest BCUT2D eigenvalue weighted by molar-refractivity contribution is -0.127. The van der Waals surface area contributed by atoms with Crippen molar-refractivity contribution in [2.75, 3.05) is 7.11 Å². The Kier molecular flexibility index (Phi) is 6.42. The van der Waals surface area contributed by atoms with Crippen molar-refractivity contribution < 1.29 is 9.53 Å². The summed E-state index contributed by atoms with van der Waals surface area (Å²) in [6.07, 6.45) is 3.47. The van der Waals surface area contributed by atoms with Crippen molar-refractivity contribution in [2.45, 2.75) is 13.1 Å². The maximum atomic E-state index is 12.9. The highest BCUT2D eigenvalue weighted by molar-refractivity contribution is 5.91. The average molecular weight is 357 g/mol. The van der Waals surface area contributed by atoms with Crippen LogP contribution >= 0.6 is 0 Å². The number of ether oxygens (including phenoxy) is 1. The van der Waals surface area contributed by atoms with Crippen molar-refractivity contribution in [3.8, 4) is 5.75 Å². The third kappa shape index (κ3) is 5.58. The number of nitrogens with zero attached hydrogens (tertiary/aromatic N) is 1. The van der Waals surface area contributed by atoms with Crippen LogP contribution in [0.3, 0.4) is 0 Å². The number of benzene rings is 3. The number of hydrogen-bond acceptors (Lipinski definition) is 2. The van der Waals surface area contributed by atoms with Crippen LogP contribution in [0.5, 0.6) is 5.75 Å². The minimum atomic E-state index is -0.0153. The van der Waals surface area contributed by atoms with Crippen LogP contribution in [-0.2, 0) is 17.9 Å². The Morgan fingerprint density at radius 3 is 1.81 bits per heavy atom. The molecule has 0 aliphatic carbocycles. The summed E-state index contributed by atoms with van der Waals surface area (Å²) in [6, 6.07) is 27.7. The molecule has 0 heterocycles. The van der Waals surface area contributed by atoms with E-state index >= 15 is 0 Å². The van der Waals surface area contributed by atoms with Crippen molar-refractivity contribution in [3.05, 3.63) is 108 Å². The molecule has 0 aliphatic heterocycles. The first kappa shape index (κ1) is 18.5. The van der Waals surface area contributed by atoms with E-state index in [1.807, 2.05) is 95.9 Å². The molecule has 0 saturated heterocycles. The second kappa shape index (κ2) is 9.39. The molecule has 0 atom stereocenters. The normalized spacial score (nSPS) is 10.7. The topological polar surface area (TPSA) is 29.5 Å². The van der Waals surface area contributed by atoms with Crippen LogP contribution in [0.25, 0.3) is 6.08 Å². The Hall–Kier alpha value is -3.33. The summed E-state index contributed by atoms with van der Waals surface area (Å²) in [5.41, 5.74) is 3.18. The first-order valence-electron chi connectivity index (χ1n) is 8.93. The van der Waals surface area contributed by atoms with Crippen molar-refractivity contribution in [1.82, 2.24) is 4.90 Å². The summed E-state index contributed by atoms with van der Waals surface area (Å²) in [6.45, 7) is 1.14. The van der Waals surface area contributed by atoms with Gasteiger partial charge in [0.2, 0.25) is 5.91 Å². The van der Waals surface area contributed by atoms with Gasteiger partial charge >= 0.3 is 0 Å². The van der Waals surface area contributed by atoms with Gasteiger partial charge in [0, 0.05) is 19.2 Å². The summed E-state index contributed by atoms with van der Waals surface area (Å²) < 4.78 is 5.17.